The summed E-state index contributed by atoms with van der Waals surface area (Å²) in [6.45, 7) is 7.46. The summed E-state index contributed by atoms with van der Waals surface area (Å²) in [5, 5.41) is 12.4. The van der Waals surface area contributed by atoms with E-state index in [0.717, 1.165) is 19.2 Å². The first-order chi connectivity index (χ1) is 12.0. The molecule has 0 spiro atoms. The van der Waals surface area contributed by atoms with Crippen LogP contribution in [-0.4, -0.2) is 46.8 Å². The van der Waals surface area contributed by atoms with E-state index in [1.165, 1.54) is 6.20 Å². The van der Waals surface area contributed by atoms with Gasteiger partial charge in [0.1, 0.15) is 11.2 Å². The molecule has 2 aromatic rings. The highest BCUT2D eigenvalue weighted by Gasteiger charge is 2.30. The number of aromatic carboxylic acids is 1. The molecule has 1 saturated heterocycles. The topological polar surface area (TPSA) is 87.5 Å². The van der Waals surface area contributed by atoms with Gasteiger partial charge in [-0.2, -0.15) is 0 Å². The SMILES string of the molecule is CCNCC1CN(c2nc3c(cc2F)c(=O)c(C(=O)O)cn3CC)C1. The van der Waals surface area contributed by atoms with Gasteiger partial charge < -0.3 is 19.9 Å². The van der Waals surface area contributed by atoms with Gasteiger partial charge >= 0.3 is 5.97 Å². The molecule has 1 aliphatic heterocycles. The monoisotopic (exact) mass is 348 g/mol. The minimum Gasteiger partial charge on any atom is -0.477 e. The standard InChI is InChI=1S/C17H21FN4O3/c1-3-19-6-10-7-22(8-10)16-13(18)5-11-14(23)12(17(24)25)9-21(4-2)15(11)20-16/h5,9-10,19H,3-4,6-8H2,1-2H3,(H,24,25). The summed E-state index contributed by atoms with van der Waals surface area (Å²) in [6, 6.07) is 1.11. The number of hydrogen-bond acceptors (Lipinski definition) is 5. The Kier molecular flexibility index (Phi) is 4.71. The van der Waals surface area contributed by atoms with E-state index in [-0.39, 0.29) is 16.8 Å². The first kappa shape index (κ1) is 17.3. The lowest BCUT2D eigenvalue weighted by atomic mass is 10.00. The Morgan fingerprint density at radius 2 is 2.16 bits per heavy atom. The van der Waals surface area contributed by atoms with Gasteiger partial charge in [0, 0.05) is 38.3 Å². The molecule has 0 aliphatic carbocycles. The van der Waals surface area contributed by atoms with Gasteiger partial charge in [0.15, 0.2) is 11.6 Å². The van der Waals surface area contributed by atoms with Crippen molar-refractivity contribution in [3.8, 4) is 0 Å². The van der Waals surface area contributed by atoms with Crippen LogP contribution in [0.3, 0.4) is 0 Å². The van der Waals surface area contributed by atoms with Crippen molar-refractivity contribution in [1.29, 1.82) is 0 Å². The Morgan fingerprint density at radius 1 is 1.44 bits per heavy atom. The van der Waals surface area contributed by atoms with Crippen LogP contribution >= 0.6 is 0 Å². The van der Waals surface area contributed by atoms with Crippen LogP contribution in [-0.2, 0) is 6.54 Å². The summed E-state index contributed by atoms with van der Waals surface area (Å²) < 4.78 is 16.1. The first-order valence-corrected chi connectivity index (χ1v) is 8.38. The maximum atomic E-state index is 14.5. The Hall–Kier alpha value is -2.48. The van der Waals surface area contributed by atoms with Crippen molar-refractivity contribution in [3.63, 3.8) is 0 Å². The normalized spacial score (nSPS) is 14.8. The van der Waals surface area contributed by atoms with Crippen LogP contribution in [0.2, 0.25) is 0 Å². The van der Waals surface area contributed by atoms with Gasteiger partial charge in [0.25, 0.3) is 0 Å². The maximum absolute atomic E-state index is 14.5. The number of rotatable bonds is 6. The number of hydrogen-bond donors (Lipinski definition) is 2. The molecule has 3 rings (SSSR count). The molecule has 0 unspecified atom stereocenters. The van der Waals surface area contributed by atoms with E-state index in [1.807, 2.05) is 18.7 Å². The molecule has 0 radical (unpaired) electrons. The van der Waals surface area contributed by atoms with Crippen LogP contribution in [0.5, 0.6) is 0 Å². The van der Waals surface area contributed by atoms with Crippen LogP contribution < -0.4 is 15.6 Å². The highest BCUT2D eigenvalue weighted by Crippen LogP contribution is 2.27. The second-order valence-electron chi connectivity index (χ2n) is 6.21. The number of aryl methyl sites for hydroxylation is 1. The molecule has 0 aromatic carbocycles. The predicted molar refractivity (Wildman–Crippen MR) is 92.8 cm³/mol. The summed E-state index contributed by atoms with van der Waals surface area (Å²) in [5.74, 6) is -1.27. The van der Waals surface area contributed by atoms with Gasteiger partial charge in [0.05, 0.1) is 5.39 Å². The van der Waals surface area contributed by atoms with E-state index in [2.05, 4.69) is 10.3 Å². The van der Waals surface area contributed by atoms with Gasteiger partial charge in [-0.25, -0.2) is 14.2 Å². The second kappa shape index (κ2) is 6.79. The van der Waals surface area contributed by atoms with E-state index >= 15 is 0 Å². The number of pyridine rings is 2. The molecule has 2 aromatic heterocycles. The van der Waals surface area contributed by atoms with E-state index in [4.69, 9.17) is 5.11 Å². The lowest BCUT2D eigenvalue weighted by Gasteiger charge is -2.40. The largest absolute Gasteiger partial charge is 0.477 e. The molecule has 0 amide bonds. The van der Waals surface area contributed by atoms with E-state index in [1.54, 1.807) is 4.57 Å². The molecule has 2 N–H and O–H groups in total. The smallest absolute Gasteiger partial charge is 0.341 e. The van der Waals surface area contributed by atoms with Gasteiger partial charge in [0.2, 0.25) is 5.43 Å². The van der Waals surface area contributed by atoms with Gasteiger partial charge in [-0.05, 0) is 19.5 Å². The van der Waals surface area contributed by atoms with E-state index in [0.29, 0.717) is 31.2 Å². The molecule has 1 aliphatic rings. The van der Waals surface area contributed by atoms with Crippen LogP contribution in [0.1, 0.15) is 24.2 Å². The number of nitrogens with zero attached hydrogens (tertiary/aromatic N) is 3. The summed E-state index contributed by atoms with van der Waals surface area (Å²) in [4.78, 5) is 29.7. The molecule has 0 atom stereocenters. The molecule has 25 heavy (non-hydrogen) atoms. The lowest BCUT2D eigenvalue weighted by molar-refractivity contribution is 0.0695. The molecular weight excluding hydrogens is 327 g/mol. The zero-order chi connectivity index (χ0) is 18.1. The molecule has 0 bridgehead atoms. The number of carboxylic acid groups (broad SMARTS) is 1. The molecule has 7 nitrogen and oxygen atoms in total. The number of aromatic nitrogens is 2. The van der Waals surface area contributed by atoms with Crippen molar-refractivity contribution in [3.05, 3.63) is 33.9 Å². The minimum absolute atomic E-state index is 0.00674. The lowest BCUT2D eigenvalue weighted by Crippen LogP contribution is -2.51. The predicted octanol–water partition coefficient (Wildman–Crippen LogP) is 1.30. The average Bonchev–Trinajstić information content (AvgIpc) is 2.54. The molecule has 3 heterocycles. The Balaban J connectivity index is 2.01. The van der Waals surface area contributed by atoms with Gasteiger partial charge in [-0.15, -0.1) is 0 Å². The Bertz CT molecular complexity index is 874. The van der Waals surface area contributed by atoms with Crippen molar-refractivity contribution in [2.24, 2.45) is 5.92 Å². The summed E-state index contributed by atoms with van der Waals surface area (Å²) in [6.07, 6.45) is 1.27. The highest BCUT2D eigenvalue weighted by atomic mass is 19.1. The number of anilines is 1. The van der Waals surface area contributed by atoms with Crippen molar-refractivity contribution >= 4 is 22.8 Å². The minimum atomic E-state index is -1.33. The van der Waals surface area contributed by atoms with Crippen LogP contribution in [0.15, 0.2) is 17.1 Å². The van der Waals surface area contributed by atoms with Crippen molar-refractivity contribution in [2.45, 2.75) is 20.4 Å². The third-order valence-corrected chi connectivity index (χ3v) is 4.49. The molecule has 0 saturated carbocycles. The molecule has 1 fully saturated rings. The summed E-state index contributed by atoms with van der Waals surface area (Å²) in [5.41, 5.74) is -0.777. The number of nitrogens with one attached hydrogen (secondary N) is 1. The quantitative estimate of drug-likeness (QED) is 0.818. The van der Waals surface area contributed by atoms with E-state index in [9.17, 15) is 14.0 Å². The molecule has 134 valence electrons. The highest BCUT2D eigenvalue weighted by molar-refractivity contribution is 5.92. The molecule has 8 heteroatoms. The van der Waals surface area contributed by atoms with Crippen LogP contribution in [0.4, 0.5) is 10.2 Å². The summed E-state index contributed by atoms with van der Waals surface area (Å²) in [7, 11) is 0. The van der Waals surface area contributed by atoms with Crippen LogP contribution in [0.25, 0.3) is 11.0 Å². The Morgan fingerprint density at radius 3 is 2.76 bits per heavy atom. The van der Waals surface area contributed by atoms with E-state index < -0.39 is 17.2 Å². The number of carboxylic acids is 1. The van der Waals surface area contributed by atoms with Crippen molar-refractivity contribution in [2.75, 3.05) is 31.1 Å². The summed E-state index contributed by atoms with van der Waals surface area (Å²) >= 11 is 0. The van der Waals surface area contributed by atoms with Crippen molar-refractivity contribution < 1.29 is 14.3 Å². The van der Waals surface area contributed by atoms with Gasteiger partial charge in [-0.1, -0.05) is 6.92 Å². The average molecular weight is 348 g/mol. The zero-order valence-electron chi connectivity index (χ0n) is 14.3. The van der Waals surface area contributed by atoms with Crippen molar-refractivity contribution in [1.82, 2.24) is 14.9 Å². The fraction of sp³-hybridized carbons (Fsp3) is 0.471. The third-order valence-electron chi connectivity index (χ3n) is 4.49. The second-order valence-corrected chi connectivity index (χ2v) is 6.21. The van der Waals surface area contributed by atoms with Crippen LogP contribution in [0, 0.1) is 11.7 Å². The third kappa shape index (κ3) is 3.09. The fourth-order valence-corrected chi connectivity index (χ4v) is 3.11. The number of fused-ring (bicyclic) bond motifs is 1. The fourth-order valence-electron chi connectivity index (χ4n) is 3.11. The zero-order valence-corrected chi connectivity index (χ0v) is 14.3. The van der Waals surface area contributed by atoms with Gasteiger partial charge in [-0.3, -0.25) is 4.79 Å². The molecular formula is C17H21FN4O3. The Labute approximate surface area is 144 Å². The number of carbonyl (C=O) groups is 1. The first-order valence-electron chi connectivity index (χ1n) is 8.38. The number of halogens is 1. The maximum Gasteiger partial charge on any atom is 0.341 e.